The number of carbonyl (C=O) groups excluding carboxylic acids is 1. The van der Waals surface area contributed by atoms with E-state index in [0.29, 0.717) is 10.8 Å². The summed E-state index contributed by atoms with van der Waals surface area (Å²) in [6.07, 6.45) is 1.81. The van der Waals surface area contributed by atoms with Crippen LogP contribution < -0.4 is 5.32 Å². The second kappa shape index (κ2) is 5.70. The average molecular weight is 272 g/mol. The van der Waals surface area contributed by atoms with Crippen LogP contribution >= 0.6 is 24.0 Å². The first kappa shape index (κ1) is 13.5. The summed E-state index contributed by atoms with van der Waals surface area (Å²) in [5.74, 6) is 0.372. The predicted octanol–water partition coefficient (Wildman–Crippen LogP) is 3.15. The highest BCUT2D eigenvalue weighted by Gasteiger charge is 2.08. The van der Waals surface area contributed by atoms with Crippen LogP contribution in [0.4, 0.5) is 5.82 Å². The van der Waals surface area contributed by atoms with E-state index in [1.54, 1.807) is 18.2 Å². The summed E-state index contributed by atoms with van der Waals surface area (Å²) < 4.78 is 0. The van der Waals surface area contributed by atoms with Crippen molar-refractivity contribution in [3.8, 4) is 0 Å². The highest BCUT2D eigenvalue weighted by molar-refractivity contribution is 6.31. The number of anilines is 1. The van der Waals surface area contributed by atoms with E-state index in [1.807, 2.05) is 6.07 Å². The molecule has 2 N–H and O–H groups in total. The molecular weight excluding hydrogens is 261 g/mol. The van der Waals surface area contributed by atoms with Crippen molar-refractivity contribution >= 4 is 46.6 Å². The largest absolute Gasteiger partial charge is 0.308 e. The van der Waals surface area contributed by atoms with E-state index in [9.17, 15) is 4.79 Å². The number of benzene rings is 1. The Hall–Kier alpha value is -1.52. The number of hydrogen-bond acceptors (Lipinski definition) is 2. The van der Waals surface area contributed by atoms with E-state index >= 15 is 0 Å². The Bertz CT molecular complexity index is 551. The topological polar surface area (TPSA) is 57.8 Å². The molecule has 2 aromatic rings. The fourth-order valence-corrected chi connectivity index (χ4v) is 1.57. The van der Waals surface area contributed by atoms with E-state index in [-0.39, 0.29) is 24.7 Å². The SMILES string of the molecule is C=CCC(=O)Nc1n[nH]c2cc(Cl)ccc12.Cl. The third-order valence-electron chi connectivity index (χ3n) is 2.11. The number of hydrogen-bond donors (Lipinski definition) is 2. The van der Waals surface area contributed by atoms with Crippen molar-refractivity contribution < 1.29 is 4.79 Å². The van der Waals surface area contributed by atoms with Crippen molar-refractivity contribution in [2.45, 2.75) is 6.42 Å². The van der Waals surface area contributed by atoms with Crippen molar-refractivity contribution in [3.05, 3.63) is 35.9 Å². The van der Waals surface area contributed by atoms with Crippen molar-refractivity contribution in [1.29, 1.82) is 0 Å². The fourth-order valence-electron chi connectivity index (χ4n) is 1.40. The number of carbonyl (C=O) groups is 1. The second-order valence-electron chi connectivity index (χ2n) is 3.30. The van der Waals surface area contributed by atoms with Crippen LogP contribution in [0.15, 0.2) is 30.9 Å². The van der Waals surface area contributed by atoms with Crippen LogP contribution in [0.5, 0.6) is 0 Å². The molecule has 0 aliphatic heterocycles. The van der Waals surface area contributed by atoms with Crippen LogP contribution in [0.2, 0.25) is 5.02 Å². The zero-order valence-corrected chi connectivity index (χ0v) is 10.4. The van der Waals surface area contributed by atoms with Gasteiger partial charge < -0.3 is 5.32 Å². The standard InChI is InChI=1S/C11H10ClN3O.ClH/c1-2-3-10(16)13-11-8-5-4-7(12)6-9(8)14-15-11;/h2,4-6H,1,3H2,(H2,13,14,15,16);1H. The van der Waals surface area contributed by atoms with Crippen molar-refractivity contribution in [2.24, 2.45) is 0 Å². The number of halogens is 2. The van der Waals surface area contributed by atoms with E-state index in [4.69, 9.17) is 11.6 Å². The predicted molar refractivity (Wildman–Crippen MR) is 71.8 cm³/mol. The van der Waals surface area contributed by atoms with Gasteiger partial charge in [0.1, 0.15) is 0 Å². The molecule has 2 rings (SSSR count). The number of nitrogens with zero attached hydrogens (tertiary/aromatic N) is 1. The van der Waals surface area contributed by atoms with Crippen LogP contribution in [0.3, 0.4) is 0 Å². The van der Waals surface area contributed by atoms with Crippen LogP contribution in [0.1, 0.15) is 6.42 Å². The first-order valence-electron chi connectivity index (χ1n) is 4.75. The Morgan fingerprint density at radius 3 is 3.06 bits per heavy atom. The molecule has 1 aromatic heterocycles. The third-order valence-corrected chi connectivity index (χ3v) is 2.35. The summed E-state index contributed by atoms with van der Waals surface area (Å²) in [5, 5.41) is 11.0. The van der Waals surface area contributed by atoms with Gasteiger partial charge in [-0.05, 0) is 18.2 Å². The maximum atomic E-state index is 11.4. The minimum atomic E-state index is -0.140. The molecule has 0 saturated carbocycles. The minimum absolute atomic E-state index is 0. The van der Waals surface area contributed by atoms with Gasteiger partial charge in [-0.25, -0.2) is 0 Å². The smallest absolute Gasteiger partial charge is 0.229 e. The lowest BCUT2D eigenvalue weighted by molar-refractivity contribution is -0.115. The zero-order chi connectivity index (χ0) is 11.5. The van der Waals surface area contributed by atoms with Gasteiger partial charge in [-0.3, -0.25) is 9.89 Å². The van der Waals surface area contributed by atoms with E-state index in [1.165, 1.54) is 0 Å². The van der Waals surface area contributed by atoms with Gasteiger partial charge in [0.25, 0.3) is 0 Å². The Morgan fingerprint density at radius 2 is 2.35 bits per heavy atom. The molecule has 0 unspecified atom stereocenters. The molecule has 0 bridgehead atoms. The number of aromatic nitrogens is 2. The lowest BCUT2D eigenvalue weighted by Crippen LogP contribution is -2.10. The molecule has 0 fully saturated rings. The molecule has 4 nitrogen and oxygen atoms in total. The van der Waals surface area contributed by atoms with Gasteiger partial charge in [-0.1, -0.05) is 17.7 Å². The highest BCUT2D eigenvalue weighted by atomic mass is 35.5. The normalized spacial score (nSPS) is 9.71. The van der Waals surface area contributed by atoms with Gasteiger partial charge in [0.05, 0.1) is 5.52 Å². The molecule has 0 atom stereocenters. The number of rotatable bonds is 3. The van der Waals surface area contributed by atoms with Gasteiger partial charge >= 0.3 is 0 Å². The molecule has 17 heavy (non-hydrogen) atoms. The number of amides is 1. The summed E-state index contributed by atoms with van der Waals surface area (Å²) in [5.41, 5.74) is 0.793. The number of H-pyrrole nitrogens is 1. The Kier molecular flexibility index (Phi) is 4.54. The van der Waals surface area contributed by atoms with Gasteiger partial charge in [-0.15, -0.1) is 19.0 Å². The average Bonchev–Trinajstić information content (AvgIpc) is 2.61. The number of aromatic amines is 1. The molecule has 1 amide bonds. The number of fused-ring (bicyclic) bond motifs is 1. The summed E-state index contributed by atoms with van der Waals surface area (Å²) >= 11 is 5.84. The third kappa shape index (κ3) is 2.99. The van der Waals surface area contributed by atoms with Crippen LogP contribution in [-0.2, 0) is 4.79 Å². The lowest BCUT2D eigenvalue weighted by Gasteiger charge is -1.99. The first-order chi connectivity index (χ1) is 7.70. The first-order valence-corrected chi connectivity index (χ1v) is 5.13. The minimum Gasteiger partial charge on any atom is -0.308 e. The fraction of sp³-hybridized carbons (Fsp3) is 0.0909. The zero-order valence-electron chi connectivity index (χ0n) is 8.87. The number of nitrogens with one attached hydrogen (secondary N) is 2. The van der Waals surface area contributed by atoms with E-state index < -0.39 is 0 Å². The maximum Gasteiger partial charge on any atom is 0.229 e. The van der Waals surface area contributed by atoms with Gasteiger partial charge in [-0.2, -0.15) is 5.10 Å². The molecule has 6 heteroatoms. The molecule has 0 aliphatic carbocycles. The molecule has 0 spiro atoms. The quantitative estimate of drug-likeness (QED) is 0.843. The Labute approximate surface area is 109 Å². The summed E-state index contributed by atoms with van der Waals surface area (Å²) in [7, 11) is 0. The molecular formula is C11H11Cl2N3O. The lowest BCUT2D eigenvalue weighted by atomic mass is 10.2. The summed E-state index contributed by atoms with van der Waals surface area (Å²) in [4.78, 5) is 11.4. The van der Waals surface area contributed by atoms with Gasteiger partial charge in [0.2, 0.25) is 5.91 Å². The monoisotopic (exact) mass is 271 g/mol. The van der Waals surface area contributed by atoms with Crippen LogP contribution in [0.25, 0.3) is 10.9 Å². The molecule has 1 heterocycles. The molecule has 0 aliphatic rings. The van der Waals surface area contributed by atoms with Crippen LogP contribution in [-0.4, -0.2) is 16.1 Å². The maximum absolute atomic E-state index is 11.4. The summed E-state index contributed by atoms with van der Waals surface area (Å²) in [6, 6.07) is 5.32. The molecule has 0 radical (unpaired) electrons. The van der Waals surface area contributed by atoms with Gasteiger partial charge in [0.15, 0.2) is 5.82 Å². The van der Waals surface area contributed by atoms with E-state index in [0.717, 1.165) is 10.9 Å². The molecule has 1 aromatic carbocycles. The second-order valence-corrected chi connectivity index (χ2v) is 3.74. The van der Waals surface area contributed by atoms with Crippen LogP contribution in [0, 0.1) is 0 Å². The Morgan fingerprint density at radius 1 is 1.59 bits per heavy atom. The molecule has 0 saturated heterocycles. The van der Waals surface area contributed by atoms with Crippen molar-refractivity contribution in [3.63, 3.8) is 0 Å². The van der Waals surface area contributed by atoms with Crippen molar-refractivity contribution in [1.82, 2.24) is 10.2 Å². The Balaban J connectivity index is 0.00000144. The van der Waals surface area contributed by atoms with E-state index in [2.05, 4.69) is 22.1 Å². The summed E-state index contributed by atoms with van der Waals surface area (Å²) in [6.45, 7) is 3.50. The van der Waals surface area contributed by atoms with Crippen molar-refractivity contribution in [2.75, 3.05) is 5.32 Å². The highest BCUT2D eigenvalue weighted by Crippen LogP contribution is 2.23. The van der Waals surface area contributed by atoms with Gasteiger partial charge in [0, 0.05) is 16.8 Å². The molecule has 90 valence electrons.